The number of nitrogens with one attached hydrogen (secondary N) is 1. The molecule has 2 aliphatic heterocycles. The number of anilines is 1. The standard InChI is InChI=1S/C24H25N5O4/c1-15-4-3-5-19(12-15)29-16(2)22(26-27-29)24(31)28-10-8-17(9-11-28)23(30)25-18-6-7-20-21(13-18)33-14-32-20/h3-7,12-13,17H,8-11,14H2,1-2H3,(H,25,30). The third kappa shape index (κ3) is 4.13. The van der Waals surface area contributed by atoms with E-state index in [-0.39, 0.29) is 24.5 Å². The Morgan fingerprint density at radius 1 is 1.03 bits per heavy atom. The lowest BCUT2D eigenvalue weighted by Crippen LogP contribution is -2.41. The Bertz CT molecular complexity index is 1210. The van der Waals surface area contributed by atoms with Crippen molar-refractivity contribution in [3.8, 4) is 17.2 Å². The van der Waals surface area contributed by atoms with E-state index < -0.39 is 0 Å². The van der Waals surface area contributed by atoms with Crippen molar-refractivity contribution in [3.63, 3.8) is 0 Å². The molecule has 2 amide bonds. The second-order valence-electron chi connectivity index (χ2n) is 8.40. The number of ether oxygens (including phenoxy) is 2. The van der Waals surface area contributed by atoms with Crippen LogP contribution >= 0.6 is 0 Å². The van der Waals surface area contributed by atoms with E-state index in [4.69, 9.17) is 9.47 Å². The fraction of sp³-hybridized carbons (Fsp3) is 0.333. The fourth-order valence-corrected chi connectivity index (χ4v) is 4.24. The van der Waals surface area contributed by atoms with Crippen molar-refractivity contribution in [2.24, 2.45) is 5.92 Å². The second-order valence-corrected chi connectivity index (χ2v) is 8.40. The Morgan fingerprint density at radius 3 is 2.61 bits per heavy atom. The van der Waals surface area contributed by atoms with Crippen LogP contribution in [0.25, 0.3) is 5.69 Å². The maximum atomic E-state index is 13.1. The molecule has 3 heterocycles. The first-order valence-corrected chi connectivity index (χ1v) is 11.0. The minimum absolute atomic E-state index is 0.0532. The van der Waals surface area contributed by atoms with Crippen LogP contribution in [-0.2, 0) is 4.79 Å². The van der Waals surface area contributed by atoms with Crippen molar-refractivity contribution in [2.75, 3.05) is 25.2 Å². The minimum atomic E-state index is -0.163. The first-order chi connectivity index (χ1) is 16.0. The Balaban J connectivity index is 1.20. The molecule has 0 saturated carbocycles. The molecule has 0 radical (unpaired) electrons. The van der Waals surface area contributed by atoms with Gasteiger partial charge in [-0.2, -0.15) is 0 Å². The first-order valence-electron chi connectivity index (χ1n) is 11.0. The van der Waals surface area contributed by atoms with Crippen LogP contribution in [0, 0.1) is 19.8 Å². The molecular weight excluding hydrogens is 422 g/mol. The van der Waals surface area contributed by atoms with E-state index in [0.717, 1.165) is 11.3 Å². The largest absolute Gasteiger partial charge is 0.454 e. The van der Waals surface area contributed by atoms with Gasteiger partial charge in [0.1, 0.15) is 0 Å². The number of fused-ring (bicyclic) bond motifs is 1. The molecule has 1 saturated heterocycles. The molecule has 9 heteroatoms. The summed E-state index contributed by atoms with van der Waals surface area (Å²) >= 11 is 0. The Kier molecular flexibility index (Phi) is 5.45. The summed E-state index contributed by atoms with van der Waals surface area (Å²) in [5.74, 6) is 0.934. The highest BCUT2D eigenvalue weighted by Gasteiger charge is 2.30. The summed E-state index contributed by atoms with van der Waals surface area (Å²) in [6.07, 6.45) is 1.18. The van der Waals surface area contributed by atoms with Gasteiger partial charge in [-0.25, -0.2) is 4.68 Å². The van der Waals surface area contributed by atoms with Crippen molar-refractivity contribution < 1.29 is 19.1 Å². The molecule has 0 aliphatic carbocycles. The number of aromatic nitrogens is 3. The van der Waals surface area contributed by atoms with Crippen molar-refractivity contribution >= 4 is 17.5 Å². The topological polar surface area (TPSA) is 98.6 Å². The highest BCUT2D eigenvalue weighted by Crippen LogP contribution is 2.34. The molecule has 1 N–H and O–H groups in total. The molecule has 170 valence electrons. The van der Waals surface area contributed by atoms with Crippen LogP contribution in [-0.4, -0.2) is 51.6 Å². The van der Waals surface area contributed by atoms with Crippen molar-refractivity contribution in [1.29, 1.82) is 0 Å². The molecule has 0 unspecified atom stereocenters. The van der Waals surface area contributed by atoms with Gasteiger partial charge in [0.05, 0.1) is 11.4 Å². The van der Waals surface area contributed by atoms with E-state index in [2.05, 4.69) is 15.6 Å². The van der Waals surface area contributed by atoms with Crippen LogP contribution in [0.4, 0.5) is 5.69 Å². The van der Waals surface area contributed by atoms with Gasteiger partial charge in [0.25, 0.3) is 5.91 Å². The van der Waals surface area contributed by atoms with Crippen molar-refractivity contribution in [1.82, 2.24) is 19.9 Å². The molecular formula is C24H25N5O4. The number of nitrogens with zero attached hydrogens (tertiary/aromatic N) is 4. The maximum absolute atomic E-state index is 13.1. The molecule has 5 rings (SSSR count). The number of piperidine rings is 1. The van der Waals surface area contributed by atoms with Gasteiger partial charge in [-0.15, -0.1) is 5.10 Å². The lowest BCUT2D eigenvalue weighted by molar-refractivity contribution is -0.121. The smallest absolute Gasteiger partial charge is 0.276 e. The highest BCUT2D eigenvalue weighted by molar-refractivity contribution is 5.95. The van der Waals surface area contributed by atoms with Gasteiger partial charge in [-0.1, -0.05) is 17.3 Å². The van der Waals surface area contributed by atoms with Crippen LogP contribution in [0.3, 0.4) is 0 Å². The fourth-order valence-electron chi connectivity index (χ4n) is 4.24. The number of likely N-dealkylation sites (tertiary alicyclic amines) is 1. The average molecular weight is 447 g/mol. The lowest BCUT2D eigenvalue weighted by Gasteiger charge is -2.31. The van der Waals surface area contributed by atoms with Gasteiger partial charge in [0.15, 0.2) is 17.2 Å². The van der Waals surface area contributed by atoms with Crippen LogP contribution in [0.1, 0.15) is 34.6 Å². The maximum Gasteiger partial charge on any atom is 0.276 e. The molecule has 0 atom stereocenters. The number of benzene rings is 2. The molecule has 0 bridgehead atoms. The van der Waals surface area contributed by atoms with E-state index in [1.54, 1.807) is 27.8 Å². The van der Waals surface area contributed by atoms with Gasteiger partial charge in [0, 0.05) is 30.8 Å². The number of hydrogen-bond acceptors (Lipinski definition) is 6. The Hall–Kier alpha value is -3.88. The summed E-state index contributed by atoms with van der Waals surface area (Å²) in [6.45, 7) is 5.04. The molecule has 2 aromatic carbocycles. The highest BCUT2D eigenvalue weighted by atomic mass is 16.7. The first kappa shape index (κ1) is 21.0. The summed E-state index contributed by atoms with van der Waals surface area (Å²) in [7, 11) is 0. The van der Waals surface area contributed by atoms with E-state index in [1.165, 1.54) is 0 Å². The average Bonchev–Trinajstić information content (AvgIpc) is 3.44. The van der Waals surface area contributed by atoms with E-state index in [9.17, 15) is 9.59 Å². The van der Waals surface area contributed by atoms with Gasteiger partial charge in [-0.05, 0) is 56.5 Å². The van der Waals surface area contributed by atoms with Crippen molar-refractivity contribution in [2.45, 2.75) is 26.7 Å². The predicted molar refractivity (Wildman–Crippen MR) is 121 cm³/mol. The normalized spacial score (nSPS) is 15.5. The molecule has 33 heavy (non-hydrogen) atoms. The molecule has 0 spiro atoms. The molecule has 1 aromatic heterocycles. The summed E-state index contributed by atoms with van der Waals surface area (Å²) in [6, 6.07) is 13.2. The number of carbonyl (C=O) groups is 2. The zero-order valence-electron chi connectivity index (χ0n) is 18.6. The summed E-state index contributed by atoms with van der Waals surface area (Å²) < 4.78 is 12.4. The van der Waals surface area contributed by atoms with Gasteiger partial charge in [0.2, 0.25) is 12.7 Å². The number of amides is 2. The second kappa shape index (κ2) is 8.57. The van der Waals surface area contributed by atoms with Crippen LogP contribution < -0.4 is 14.8 Å². The molecule has 2 aliphatic rings. The number of aryl methyl sites for hydroxylation is 1. The minimum Gasteiger partial charge on any atom is -0.454 e. The van der Waals surface area contributed by atoms with Gasteiger partial charge < -0.3 is 19.7 Å². The van der Waals surface area contributed by atoms with E-state index in [1.807, 2.05) is 38.1 Å². The van der Waals surface area contributed by atoms with Gasteiger partial charge >= 0.3 is 0 Å². The zero-order chi connectivity index (χ0) is 22.9. The summed E-state index contributed by atoms with van der Waals surface area (Å²) in [4.78, 5) is 27.6. The zero-order valence-corrected chi connectivity index (χ0v) is 18.6. The number of hydrogen-bond donors (Lipinski definition) is 1. The van der Waals surface area contributed by atoms with E-state index >= 15 is 0 Å². The SMILES string of the molecule is Cc1cccc(-n2nnc(C(=O)N3CCC(C(=O)Nc4ccc5c(c4)OCO5)CC3)c2C)c1. The third-order valence-corrected chi connectivity index (χ3v) is 6.14. The van der Waals surface area contributed by atoms with Crippen LogP contribution in [0.15, 0.2) is 42.5 Å². The number of carbonyl (C=O) groups excluding carboxylic acids is 2. The Morgan fingerprint density at radius 2 is 1.82 bits per heavy atom. The van der Waals surface area contributed by atoms with E-state index in [0.29, 0.717) is 54.5 Å². The third-order valence-electron chi connectivity index (χ3n) is 6.14. The molecule has 3 aromatic rings. The quantitative estimate of drug-likeness (QED) is 0.660. The van der Waals surface area contributed by atoms with Crippen LogP contribution in [0.5, 0.6) is 11.5 Å². The molecule has 1 fully saturated rings. The van der Waals surface area contributed by atoms with Crippen molar-refractivity contribution in [3.05, 3.63) is 59.4 Å². The lowest BCUT2D eigenvalue weighted by atomic mass is 9.95. The monoisotopic (exact) mass is 447 g/mol. The summed E-state index contributed by atoms with van der Waals surface area (Å²) in [5, 5.41) is 11.3. The molecule has 9 nitrogen and oxygen atoms in total. The van der Waals surface area contributed by atoms with Crippen LogP contribution in [0.2, 0.25) is 0 Å². The Labute approximate surface area is 191 Å². The number of rotatable bonds is 4. The van der Waals surface area contributed by atoms with Gasteiger partial charge in [-0.3, -0.25) is 9.59 Å². The predicted octanol–water partition coefficient (Wildman–Crippen LogP) is 3.10. The summed E-state index contributed by atoms with van der Waals surface area (Å²) in [5.41, 5.74) is 3.70.